The Balaban J connectivity index is 1.56. The van der Waals surface area contributed by atoms with Crippen molar-refractivity contribution < 1.29 is 4.79 Å². The number of aryl methyl sites for hydroxylation is 1. The van der Waals surface area contributed by atoms with E-state index in [1.54, 1.807) is 0 Å². The molecule has 7 nitrogen and oxygen atoms in total. The number of fused-ring (bicyclic) bond motifs is 2. The van der Waals surface area contributed by atoms with E-state index in [-0.39, 0.29) is 18.0 Å². The molecule has 0 saturated heterocycles. The fourth-order valence-electron chi connectivity index (χ4n) is 4.56. The number of carbonyl (C=O) groups is 1. The van der Waals surface area contributed by atoms with Crippen molar-refractivity contribution in [3.8, 4) is 11.3 Å². The summed E-state index contributed by atoms with van der Waals surface area (Å²) in [6.07, 6.45) is 4.29. The average molecular weight is 390 g/mol. The molecule has 0 bridgehead atoms. The Labute approximate surface area is 169 Å². The van der Waals surface area contributed by atoms with Gasteiger partial charge < -0.3 is 21.4 Å². The molecular weight excluding hydrogens is 364 g/mol. The molecule has 1 fully saturated rings. The summed E-state index contributed by atoms with van der Waals surface area (Å²) in [5, 5.41) is 6.50. The molecule has 1 aromatic carbocycles. The van der Waals surface area contributed by atoms with Crippen LogP contribution < -0.4 is 16.4 Å². The van der Waals surface area contributed by atoms with Crippen LogP contribution in [0.4, 0.5) is 5.82 Å². The van der Waals surface area contributed by atoms with Crippen LogP contribution in [0.3, 0.4) is 0 Å². The second-order valence-corrected chi connectivity index (χ2v) is 8.30. The molecule has 2 aromatic heterocycles. The van der Waals surface area contributed by atoms with E-state index >= 15 is 0 Å². The SMILES string of the molecule is Cc1nc2cccc(-c3cc4c([nH]3)C(C)NC4=O)c2nc1NC1CCCC(N)C1. The van der Waals surface area contributed by atoms with Gasteiger partial charge in [0, 0.05) is 23.3 Å². The van der Waals surface area contributed by atoms with Gasteiger partial charge >= 0.3 is 0 Å². The Morgan fingerprint density at radius 1 is 1.21 bits per heavy atom. The molecule has 3 heterocycles. The maximum Gasteiger partial charge on any atom is 0.253 e. The van der Waals surface area contributed by atoms with E-state index in [4.69, 9.17) is 15.7 Å². The lowest BCUT2D eigenvalue weighted by Crippen LogP contribution is -2.35. The predicted octanol–water partition coefficient (Wildman–Crippen LogP) is 3.42. The molecule has 3 unspecified atom stereocenters. The van der Waals surface area contributed by atoms with Gasteiger partial charge in [-0.3, -0.25) is 4.79 Å². The monoisotopic (exact) mass is 390 g/mol. The first-order valence-electron chi connectivity index (χ1n) is 10.3. The van der Waals surface area contributed by atoms with Gasteiger partial charge in [-0.05, 0) is 51.7 Å². The molecule has 5 N–H and O–H groups in total. The highest BCUT2D eigenvalue weighted by Crippen LogP contribution is 2.33. The number of benzene rings is 1. The number of aromatic amines is 1. The molecule has 0 radical (unpaired) electrons. The number of carbonyl (C=O) groups excluding carboxylic acids is 1. The number of H-pyrrole nitrogens is 1. The average Bonchev–Trinajstić information content (AvgIpc) is 3.23. The summed E-state index contributed by atoms with van der Waals surface area (Å²) in [7, 11) is 0. The highest BCUT2D eigenvalue weighted by molar-refractivity contribution is 6.01. The molecule has 1 saturated carbocycles. The predicted molar refractivity (Wildman–Crippen MR) is 114 cm³/mol. The number of anilines is 1. The molecule has 5 rings (SSSR count). The van der Waals surface area contributed by atoms with E-state index in [9.17, 15) is 4.79 Å². The van der Waals surface area contributed by atoms with Crippen LogP contribution in [-0.2, 0) is 0 Å². The summed E-state index contributed by atoms with van der Waals surface area (Å²) in [6, 6.07) is 8.46. The van der Waals surface area contributed by atoms with Gasteiger partial charge in [0.2, 0.25) is 0 Å². The summed E-state index contributed by atoms with van der Waals surface area (Å²) in [5.74, 6) is 0.780. The first-order valence-corrected chi connectivity index (χ1v) is 10.3. The minimum absolute atomic E-state index is 0.0118. The fourth-order valence-corrected chi connectivity index (χ4v) is 4.56. The van der Waals surface area contributed by atoms with E-state index in [0.717, 1.165) is 65.2 Å². The number of hydrogen-bond donors (Lipinski definition) is 4. The largest absolute Gasteiger partial charge is 0.366 e. The third-order valence-corrected chi connectivity index (χ3v) is 6.09. The normalized spacial score (nSPS) is 23.8. The standard InChI is InChI=1S/C22H26N6O/c1-11-19-16(22(29)25-11)10-18(27-19)15-7-4-8-17-20(15)28-21(12(2)24-17)26-14-6-3-5-13(23)9-14/h4,7-8,10-11,13-14,27H,3,5-6,9,23H2,1-2H3,(H,25,29)(H,26,28). The quantitative estimate of drug-likeness (QED) is 0.548. The maximum atomic E-state index is 12.2. The zero-order chi connectivity index (χ0) is 20.1. The lowest BCUT2D eigenvalue weighted by Gasteiger charge is -2.28. The molecule has 0 spiro atoms. The Hall–Kier alpha value is -2.93. The van der Waals surface area contributed by atoms with Crippen molar-refractivity contribution in [2.24, 2.45) is 5.73 Å². The zero-order valence-corrected chi connectivity index (χ0v) is 16.7. The van der Waals surface area contributed by atoms with Crippen molar-refractivity contribution in [3.63, 3.8) is 0 Å². The van der Waals surface area contributed by atoms with Gasteiger partial charge in [0.15, 0.2) is 0 Å². The van der Waals surface area contributed by atoms with Gasteiger partial charge in [-0.15, -0.1) is 0 Å². The van der Waals surface area contributed by atoms with Crippen LogP contribution in [0.5, 0.6) is 0 Å². The van der Waals surface area contributed by atoms with Crippen molar-refractivity contribution in [1.82, 2.24) is 20.3 Å². The van der Waals surface area contributed by atoms with Crippen molar-refractivity contribution in [3.05, 3.63) is 41.2 Å². The van der Waals surface area contributed by atoms with Gasteiger partial charge in [0.1, 0.15) is 11.3 Å². The van der Waals surface area contributed by atoms with Gasteiger partial charge in [0.25, 0.3) is 5.91 Å². The highest BCUT2D eigenvalue weighted by atomic mass is 16.2. The number of hydrogen-bond acceptors (Lipinski definition) is 5. The Kier molecular flexibility index (Phi) is 4.28. The van der Waals surface area contributed by atoms with E-state index in [1.165, 1.54) is 0 Å². The van der Waals surface area contributed by atoms with Crippen LogP contribution in [0, 0.1) is 6.92 Å². The lowest BCUT2D eigenvalue weighted by molar-refractivity contribution is 0.0958. The Morgan fingerprint density at radius 2 is 2.07 bits per heavy atom. The highest BCUT2D eigenvalue weighted by Gasteiger charge is 2.28. The summed E-state index contributed by atoms with van der Waals surface area (Å²) >= 11 is 0. The number of rotatable bonds is 3. The fraction of sp³-hybridized carbons (Fsp3) is 0.409. The maximum absolute atomic E-state index is 12.2. The molecule has 1 amide bonds. The summed E-state index contributed by atoms with van der Waals surface area (Å²) in [5.41, 5.74) is 12.2. The molecule has 29 heavy (non-hydrogen) atoms. The minimum atomic E-state index is -0.0341. The van der Waals surface area contributed by atoms with E-state index in [1.807, 2.05) is 38.1 Å². The number of amides is 1. The second-order valence-electron chi connectivity index (χ2n) is 8.30. The van der Waals surface area contributed by atoms with E-state index in [2.05, 4.69) is 15.6 Å². The van der Waals surface area contributed by atoms with Gasteiger partial charge in [0.05, 0.1) is 28.5 Å². The van der Waals surface area contributed by atoms with Crippen LogP contribution in [0.2, 0.25) is 0 Å². The first kappa shape index (κ1) is 18.1. The molecular formula is C22H26N6O. The molecule has 7 heteroatoms. The van der Waals surface area contributed by atoms with Crippen molar-refractivity contribution in [2.75, 3.05) is 5.32 Å². The number of nitrogens with two attached hydrogens (primary N) is 1. The van der Waals surface area contributed by atoms with Crippen LogP contribution >= 0.6 is 0 Å². The van der Waals surface area contributed by atoms with E-state index < -0.39 is 0 Å². The van der Waals surface area contributed by atoms with Crippen LogP contribution in [0.1, 0.15) is 60.4 Å². The smallest absolute Gasteiger partial charge is 0.253 e. The lowest BCUT2D eigenvalue weighted by atomic mass is 9.91. The number of aromatic nitrogens is 3. The van der Waals surface area contributed by atoms with Gasteiger partial charge in [-0.1, -0.05) is 12.1 Å². The van der Waals surface area contributed by atoms with Crippen LogP contribution in [0.15, 0.2) is 24.3 Å². The molecule has 3 atom stereocenters. The molecule has 2 aliphatic rings. The Bertz CT molecular complexity index is 1100. The first-order chi connectivity index (χ1) is 14.0. The van der Waals surface area contributed by atoms with Crippen molar-refractivity contribution >= 4 is 22.8 Å². The second kappa shape index (κ2) is 6.84. The number of nitrogens with zero attached hydrogens (tertiary/aromatic N) is 2. The summed E-state index contributed by atoms with van der Waals surface area (Å²) in [4.78, 5) is 25.3. The number of nitrogens with one attached hydrogen (secondary N) is 3. The Morgan fingerprint density at radius 3 is 2.86 bits per heavy atom. The van der Waals surface area contributed by atoms with Crippen molar-refractivity contribution in [1.29, 1.82) is 0 Å². The van der Waals surface area contributed by atoms with Gasteiger partial charge in [-0.25, -0.2) is 9.97 Å². The van der Waals surface area contributed by atoms with Crippen LogP contribution in [0.25, 0.3) is 22.3 Å². The number of para-hydroxylation sites is 1. The minimum Gasteiger partial charge on any atom is -0.366 e. The zero-order valence-electron chi connectivity index (χ0n) is 16.7. The molecule has 3 aromatic rings. The van der Waals surface area contributed by atoms with Crippen molar-refractivity contribution in [2.45, 2.75) is 57.7 Å². The third kappa shape index (κ3) is 3.15. The topological polar surface area (TPSA) is 109 Å². The molecule has 1 aliphatic heterocycles. The van der Waals surface area contributed by atoms with Gasteiger partial charge in [-0.2, -0.15) is 0 Å². The van der Waals surface area contributed by atoms with E-state index in [0.29, 0.717) is 11.6 Å². The molecule has 150 valence electrons. The molecule has 1 aliphatic carbocycles. The summed E-state index contributed by atoms with van der Waals surface area (Å²) in [6.45, 7) is 3.96. The summed E-state index contributed by atoms with van der Waals surface area (Å²) < 4.78 is 0. The third-order valence-electron chi connectivity index (χ3n) is 6.09. The van der Waals surface area contributed by atoms with Crippen LogP contribution in [-0.4, -0.2) is 32.9 Å².